The van der Waals surface area contributed by atoms with Crippen LogP contribution >= 0.6 is 0 Å². The third-order valence-electron chi connectivity index (χ3n) is 3.95. The molecule has 0 aromatic heterocycles. The predicted octanol–water partition coefficient (Wildman–Crippen LogP) is 5.24. The van der Waals surface area contributed by atoms with Gasteiger partial charge in [0.15, 0.2) is 5.67 Å². The van der Waals surface area contributed by atoms with Crippen LogP contribution in [0.15, 0.2) is 41.5 Å². The van der Waals surface area contributed by atoms with E-state index in [0.29, 0.717) is 6.42 Å². The third-order valence-corrected chi connectivity index (χ3v) is 3.95. The molecule has 0 N–H and O–H groups in total. The van der Waals surface area contributed by atoms with Gasteiger partial charge in [0.05, 0.1) is 0 Å². The molecule has 1 heteroatoms. The molecule has 1 aliphatic rings. The maximum Gasteiger partial charge on any atom is 0.153 e. The zero-order valence-electron chi connectivity index (χ0n) is 11.5. The van der Waals surface area contributed by atoms with Gasteiger partial charge >= 0.3 is 0 Å². The van der Waals surface area contributed by atoms with E-state index in [4.69, 9.17) is 0 Å². The molecule has 0 fully saturated rings. The molecule has 0 radical (unpaired) electrons. The van der Waals surface area contributed by atoms with Gasteiger partial charge in [-0.25, -0.2) is 4.39 Å². The summed E-state index contributed by atoms with van der Waals surface area (Å²) in [7, 11) is 0. The molecule has 1 aromatic rings. The molecule has 0 spiro atoms. The van der Waals surface area contributed by atoms with Crippen molar-refractivity contribution in [3.05, 3.63) is 52.6 Å². The van der Waals surface area contributed by atoms with Crippen molar-refractivity contribution in [1.82, 2.24) is 0 Å². The van der Waals surface area contributed by atoms with Gasteiger partial charge in [0, 0.05) is 0 Å². The fourth-order valence-corrected chi connectivity index (χ4v) is 2.74. The van der Waals surface area contributed by atoms with Crippen molar-refractivity contribution in [3.63, 3.8) is 0 Å². The van der Waals surface area contributed by atoms with Crippen LogP contribution in [-0.4, -0.2) is 5.67 Å². The highest BCUT2D eigenvalue weighted by atomic mass is 19.1. The Kier molecular flexibility index (Phi) is 3.70. The summed E-state index contributed by atoms with van der Waals surface area (Å²) in [5.74, 6) is 0. The lowest BCUT2D eigenvalue weighted by Crippen LogP contribution is -2.23. The van der Waals surface area contributed by atoms with E-state index in [9.17, 15) is 0 Å². The van der Waals surface area contributed by atoms with Gasteiger partial charge < -0.3 is 0 Å². The number of hydrogen-bond acceptors (Lipinski definition) is 0. The van der Waals surface area contributed by atoms with Crippen LogP contribution in [0.3, 0.4) is 0 Å². The summed E-state index contributed by atoms with van der Waals surface area (Å²) in [4.78, 5) is 0. The lowest BCUT2D eigenvalue weighted by atomic mass is 9.87. The van der Waals surface area contributed by atoms with Crippen molar-refractivity contribution in [3.8, 4) is 0 Å². The van der Waals surface area contributed by atoms with Crippen LogP contribution < -0.4 is 0 Å². The number of hydrogen-bond donors (Lipinski definition) is 0. The van der Waals surface area contributed by atoms with Crippen LogP contribution in [0.1, 0.15) is 44.2 Å². The minimum atomic E-state index is -1.21. The molecule has 1 unspecified atom stereocenters. The van der Waals surface area contributed by atoms with Crippen LogP contribution in [0, 0.1) is 6.92 Å². The number of rotatable bonds is 3. The average Bonchev–Trinajstić information content (AvgIpc) is 2.75. The topological polar surface area (TPSA) is 0 Å². The molecule has 96 valence electrons. The predicted molar refractivity (Wildman–Crippen MR) is 76.3 cm³/mol. The molecule has 18 heavy (non-hydrogen) atoms. The van der Waals surface area contributed by atoms with Gasteiger partial charge in [0.1, 0.15) is 0 Å². The van der Waals surface area contributed by atoms with Crippen LogP contribution in [-0.2, 0) is 0 Å². The Balaban J connectivity index is 2.35. The number of alkyl halides is 1. The normalized spacial score (nSPS) is 24.2. The van der Waals surface area contributed by atoms with Gasteiger partial charge in [-0.2, -0.15) is 0 Å². The Morgan fingerprint density at radius 2 is 2.11 bits per heavy atom. The Morgan fingerprint density at radius 1 is 1.39 bits per heavy atom. The molecule has 1 atom stereocenters. The Bertz CT molecular complexity index is 496. The zero-order chi connectivity index (χ0) is 13.2. The number of aryl methyl sites for hydroxylation is 1. The minimum absolute atomic E-state index is 0.602. The smallest absolute Gasteiger partial charge is 0.153 e. The van der Waals surface area contributed by atoms with Crippen molar-refractivity contribution in [2.24, 2.45) is 0 Å². The quantitative estimate of drug-likeness (QED) is 0.638. The molecule has 1 aliphatic carbocycles. The Morgan fingerprint density at radius 3 is 2.78 bits per heavy atom. The highest BCUT2D eigenvalue weighted by Crippen LogP contribution is 2.42. The van der Waals surface area contributed by atoms with Crippen molar-refractivity contribution in [2.45, 2.75) is 45.7 Å². The molecule has 0 heterocycles. The second-order valence-corrected chi connectivity index (χ2v) is 5.11. The second kappa shape index (κ2) is 5.09. The van der Waals surface area contributed by atoms with E-state index in [1.165, 1.54) is 5.56 Å². The van der Waals surface area contributed by atoms with Gasteiger partial charge in [0.25, 0.3) is 0 Å². The molecular formula is C17H21F. The molecule has 0 aliphatic heterocycles. The number of halogens is 1. The van der Waals surface area contributed by atoms with E-state index in [2.05, 4.69) is 19.1 Å². The summed E-state index contributed by atoms with van der Waals surface area (Å²) < 4.78 is 15.1. The van der Waals surface area contributed by atoms with Crippen molar-refractivity contribution in [2.75, 3.05) is 0 Å². The van der Waals surface area contributed by atoms with E-state index in [-0.39, 0.29) is 0 Å². The average molecular weight is 244 g/mol. The number of allylic oxidation sites excluding steroid dienone is 3. The standard InChI is InChI=1S/C17H21F/c1-4-16-10-7-11-17(16,18)14(3)12-15-9-6-5-8-13(15)2/h5-6,8-10,12H,4,7,11H2,1-3H3/b14-12+. The molecular weight excluding hydrogens is 223 g/mol. The molecule has 0 saturated heterocycles. The maximum absolute atomic E-state index is 15.1. The lowest BCUT2D eigenvalue weighted by Gasteiger charge is -2.24. The van der Waals surface area contributed by atoms with Gasteiger partial charge in [-0.15, -0.1) is 0 Å². The number of benzene rings is 1. The van der Waals surface area contributed by atoms with Gasteiger partial charge in [0.2, 0.25) is 0 Å². The van der Waals surface area contributed by atoms with Crippen molar-refractivity contribution >= 4 is 6.08 Å². The summed E-state index contributed by atoms with van der Waals surface area (Å²) in [5.41, 5.74) is 2.89. The fraction of sp³-hybridized carbons (Fsp3) is 0.412. The molecule has 0 bridgehead atoms. The van der Waals surface area contributed by atoms with E-state index < -0.39 is 5.67 Å². The first-order chi connectivity index (χ1) is 8.58. The fourth-order valence-electron chi connectivity index (χ4n) is 2.74. The summed E-state index contributed by atoms with van der Waals surface area (Å²) in [5, 5.41) is 0. The summed E-state index contributed by atoms with van der Waals surface area (Å²) >= 11 is 0. The van der Waals surface area contributed by atoms with Gasteiger partial charge in [-0.05, 0) is 55.4 Å². The van der Waals surface area contributed by atoms with E-state index in [1.807, 2.05) is 38.1 Å². The summed E-state index contributed by atoms with van der Waals surface area (Å²) in [6.07, 6.45) is 6.33. The molecule has 0 saturated carbocycles. The first-order valence-electron chi connectivity index (χ1n) is 6.70. The molecule has 0 nitrogen and oxygen atoms in total. The Labute approximate surface area is 109 Å². The molecule has 0 amide bonds. The second-order valence-electron chi connectivity index (χ2n) is 5.11. The van der Waals surface area contributed by atoms with Crippen molar-refractivity contribution in [1.29, 1.82) is 0 Å². The minimum Gasteiger partial charge on any atom is -0.234 e. The summed E-state index contributed by atoms with van der Waals surface area (Å²) in [6, 6.07) is 8.13. The maximum atomic E-state index is 15.1. The Hall–Kier alpha value is -1.37. The first-order valence-corrected chi connectivity index (χ1v) is 6.70. The first kappa shape index (κ1) is 13.1. The largest absolute Gasteiger partial charge is 0.234 e. The molecule has 1 aromatic carbocycles. The van der Waals surface area contributed by atoms with E-state index >= 15 is 4.39 Å². The monoisotopic (exact) mass is 244 g/mol. The third kappa shape index (κ3) is 2.27. The zero-order valence-corrected chi connectivity index (χ0v) is 11.5. The highest BCUT2D eigenvalue weighted by molar-refractivity contribution is 5.59. The molecule has 2 rings (SSSR count). The SMILES string of the molecule is CCC1=CCCC1(F)/C(C)=C/c1ccccc1C. The van der Waals surface area contributed by atoms with E-state index in [1.54, 1.807) is 0 Å². The lowest BCUT2D eigenvalue weighted by molar-refractivity contribution is 0.258. The highest BCUT2D eigenvalue weighted by Gasteiger charge is 2.37. The van der Waals surface area contributed by atoms with E-state index in [0.717, 1.165) is 29.6 Å². The van der Waals surface area contributed by atoms with Gasteiger partial charge in [-0.3, -0.25) is 0 Å². The summed E-state index contributed by atoms with van der Waals surface area (Å²) in [6.45, 7) is 6.02. The van der Waals surface area contributed by atoms with Crippen LogP contribution in [0.2, 0.25) is 0 Å². The van der Waals surface area contributed by atoms with Gasteiger partial charge in [-0.1, -0.05) is 43.3 Å². The van der Waals surface area contributed by atoms with Crippen LogP contribution in [0.4, 0.5) is 4.39 Å². The van der Waals surface area contributed by atoms with Crippen LogP contribution in [0.5, 0.6) is 0 Å². The van der Waals surface area contributed by atoms with Crippen LogP contribution in [0.25, 0.3) is 6.08 Å². The van der Waals surface area contributed by atoms with Crippen molar-refractivity contribution < 1.29 is 4.39 Å².